The first kappa shape index (κ1) is 20.4. The van der Waals surface area contributed by atoms with Crippen LogP contribution in [0.3, 0.4) is 0 Å². The van der Waals surface area contributed by atoms with Crippen LogP contribution in [0.4, 0.5) is 39.8 Å². The predicted molar refractivity (Wildman–Crippen MR) is 122 cm³/mol. The molecule has 5 N–H and O–H groups in total. The molecule has 158 valence electrons. The molecule has 4 aromatic rings. The number of nitro benzene ring substituents is 1. The van der Waals surface area contributed by atoms with Gasteiger partial charge in [-0.3, -0.25) is 10.1 Å². The third-order valence-electron chi connectivity index (χ3n) is 4.63. The van der Waals surface area contributed by atoms with Crippen LogP contribution in [0.5, 0.6) is 5.75 Å². The van der Waals surface area contributed by atoms with Crippen LogP contribution < -0.4 is 11.5 Å². The van der Waals surface area contributed by atoms with Crippen molar-refractivity contribution in [3.8, 4) is 5.75 Å². The Morgan fingerprint density at radius 3 is 2.12 bits per heavy atom. The Balaban J connectivity index is 1.67. The molecule has 4 rings (SSSR count). The average Bonchev–Trinajstić information content (AvgIpc) is 2.78. The maximum atomic E-state index is 10.8. The summed E-state index contributed by atoms with van der Waals surface area (Å²) in [7, 11) is 0. The van der Waals surface area contributed by atoms with Gasteiger partial charge in [-0.15, -0.1) is 10.2 Å². The van der Waals surface area contributed by atoms with Gasteiger partial charge in [0.25, 0.3) is 5.69 Å². The number of phenolic OH excluding ortho intramolecular Hbond substituents is 1. The molecule has 10 nitrogen and oxygen atoms in total. The summed E-state index contributed by atoms with van der Waals surface area (Å²) in [4.78, 5) is 10.2. The number of hydrogen-bond acceptors (Lipinski definition) is 9. The number of aromatic hydroxyl groups is 1. The minimum Gasteiger partial charge on any atom is -0.505 e. The molecule has 0 aliphatic heterocycles. The van der Waals surface area contributed by atoms with Crippen molar-refractivity contribution < 1.29 is 10.0 Å². The minimum absolute atomic E-state index is 0.0508. The number of azo groups is 2. The molecular formula is C22H17N7O3. The molecule has 0 saturated heterocycles. The van der Waals surface area contributed by atoms with Crippen molar-refractivity contribution in [3.05, 3.63) is 82.9 Å². The summed E-state index contributed by atoms with van der Waals surface area (Å²) in [5.74, 6) is -0.160. The van der Waals surface area contributed by atoms with E-state index in [1.165, 1.54) is 24.3 Å². The smallest absolute Gasteiger partial charge is 0.269 e. The minimum atomic E-state index is -0.499. The fraction of sp³-hybridized carbons (Fsp3) is 0. The highest BCUT2D eigenvalue weighted by atomic mass is 16.6. The number of phenols is 1. The van der Waals surface area contributed by atoms with Crippen LogP contribution in [-0.4, -0.2) is 10.0 Å². The predicted octanol–water partition coefficient (Wildman–Crippen LogP) is 6.45. The molecule has 32 heavy (non-hydrogen) atoms. The Labute approximate surface area is 181 Å². The van der Waals surface area contributed by atoms with Gasteiger partial charge in [0.1, 0.15) is 11.4 Å². The third kappa shape index (κ3) is 4.19. The number of non-ortho nitro benzene ring substituents is 1. The summed E-state index contributed by atoms with van der Waals surface area (Å²) in [6.07, 6.45) is 0. The van der Waals surface area contributed by atoms with Crippen molar-refractivity contribution >= 4 is 50.6 Å². The zero-order chi connectivity index (χ0) is 22.7. The van der Waals surface area contributed by atoms with Gasteiger partial charge in [-0.05, 0) is 47.9 Å². The molecule has 4 aromatic carbocycles. The molecule has 0 heterocycles. The number of nitrogens with two attached hydrogens (primary N) is 2. The molecule has 0 spiro atoms. The molecule has 0 fully saturated rings. The highest BCUT2D eigenvalue weighted by Crippen LogP contribution is 2.42. The number of rotatable bonds is 5. The van der Waals surface area contributed by atoms with Gasteiger partial charge in [-0.25, -0.2) is 0 Å². The van der Waals surface area contributed by atoms with Gasteiger partial charge in [0, 0.05) is 17.8 Å². The number of hydrogen-bond donors (Lipinski definition) is 3. The lowest BCUT2D eigenvalue weighted by atomic mass is 10.1. The van der Waals surface area contributed by atoms with E-state index in [0.29, 0.717) is 33.5 Å². The summed E-state index contributed by atoms with van der Waals surface area (Å²) >= 11 is 0. The van der Waals surface area contributed by atoms with Gasteiger partial charge >= 0.3 is 0 Å². The largest absolute Gasteiger partial charge is 0.505 e. The molecule has 0 unspecified atom stereocenters. The molecule has 0 aliphatic carbocycles. The van der Waals surface area contributed by atoms with E-state index in [2.05, 4.69) is 20.5 Å². The third-order valence-corrected chi connectivity index (χ3v) is 4.63. The van der Waals surface area contributed by atoms with E-state index >= 15 is 0 Å². The molecule has 0 aromatic heterocycles. The van der Waals surface area contributed by atoms with E-state index in [1.54, 1.807) is 48.5 Å². The highest BCUT2D eigenvalue weighted by Gasteiger charge is 2.12. The SMILES string of the molecule is Nc1cccc(N=Nc2ccc3ccc(N=Nc4ccc([N+](=O)[O-])cc4)c(O)c3c2N)c1. The zero-order valence-corrected chi connectivity index (χ0v) is 16.6. The lowest BCUT2D eigenvalue weighted by Crippen LogP contribution is -1.88. The van der Waals surface area contributed by atoms with E-state index in [-0.39, 0.29) is 22.8 Å². The quantitative estimate of drug-likeness (QED) is 0.144. The molecule has 0 aliphatic rings. The van der Waals surface area contributed by atoms with Crippen LogP contribution in [0.1, 0.15) is 0 Å². The zero-order valence-electron chi connectivity index (χ0n) is 16.6. The normalized spacial score (nSPS) is 11.5. The number of nitro groups is 1. The maximum absolute atomic E-state index is 10.8. The van der Waals surface area contributed by atoms with Gasteiger partial charge in [0.05, 0.1) is 27.4 Å². The second-order valence-electron chi connectivity index (χ2n) is 6.80. The van der Waals surface area contributed by atoms with Crippen LogP contribution >= 0.6 is 0 Å². The Hall–Kier alpha value is -4.86. The first-order chi connectivity index (χ1) is 15.4. The summed E-state index contributed by atoms with van der Waals surface area (Å²) in [6.45, 7) is 0. The monoisotopic (exact) mass is 427 g/mol. The summed E-state index contributed by atoms with van der Waals surface area (Å²) in [5.41, 5.74) is 14.3. The van der Waals surface area contributed by atoms with Crippen LogP contribution in [0.2, 0.25) is 0 Å². The molecule has 0 amide bonds. The van der Waals surface area contributed by atoms with Crippen molar-refractivity contribution in [1.29, 1.82) is 0 Å². The van der Waals surface area contributed by atoms with E-state index in [4.69, 9.17) is 11.5 Å². The first-order valence-electron chi connectivity index (χ1n) is 9.40. The summed E-state index contributed by atoms with van der Waals surface area (Å²) < 4.78 is 0. The fourth-order valence-electron chi connectivity index (χ4n) is 3.02. The molecule has 10 heteroatoms. The molecular weight excluding hydrogens is 410 g/mol. The van der Waals surface area contributed by atoms with E-state index in [9.17, 15) is 15.2 Å². The second kappa shape index (κ2) is 8.48. The van der Waals surface area contributed by atoms with Gasteiger partial charge < -0.3 is 16.6 Å². The van der Waals surface area contributed by atoms with Crippen molar-refractivity contribution in [2.24, 2.45) is 20.5 Å². The second-order valence-corrected chi connectivity index (χ2v) is 6.80. The Morgan fingerprint density at radius 1 is 0.781 bits per heavy atom. The van der Waals surface area contributed by atoms with Crippen molar-refractivity contribution in [2.75, 3.05) is 11.5 Å². The Bertz CT molecular complexity index is 1380. The fourth-order valence-corrected chi connectivity index (χ4v) is 3.02. The maximum Gasteiger partial charge on any atom is 0.269 e. The Morgan fingerprint density at radius 2 is 1.44 bits per heavy atom. The van der Waals surface area contributed by atoms with Gasteiger partial charge in [-0.2, -0.15) is 10.2 Å². The number of anilines is 2. The van der Waals surface area contributed by atoms with Crippen LogP contribution in [-0.2, 0) is 0 Å². The van der Waals surface area contributed by atoms with Gasteiger partial charge in [-0.1, -0.05) is 18.2 Å². The lowest BCUT2D eigenvalue weighted by molar-refractivity contribution is -0.384. The van der Waals surface area contributed by atoms with Crippen LogP contribution in [0.15, 0.2) is 93.3 Å². The average molecular weight is 427 g/mol. The molecule has 0 atom stereocenters. The van der Waals surface area contributed by atoms with Gasteiger partial charge in [0.2, 0.25) is 0 Å². The standard InChI is InChI=1S/C22H17N7O3/c23-14-2-1-3-16(12-14)26-27-18-10-4-13-5-11-19(22(30)20(13)21(18)24)28-25-15-6-8-17(9-7-15)29(31)32/h1-12,30H,23-24H2. The van der Waals surface area contributed by atoms with Gasteiger partial charge in [0.15, 0.2) is 5.75 Å². The van der Waals surface area contributed by atoms with Crippen molar-refractivity contribution in [2.45, 2.75) is 0 Å². The first-order valence-corrected chi connectivity index (χ1v) is 9.40. The van der Waals surface area contributed by atoms with E-state index in [1.807, 2.05) is 0 Å². The summed E-state index contributed by atoms with van der Waals surface area (Å²) in [6, 6.07) is 19.3. The van der Waals surface area contributed by atoms with Crippen LogP contribution in [0, 0.1) is 10.1 Å². The number of fused-ring (bicyclic) bond motifs is 1. The molecule has 0 bridgehead atoms. The number of nitrogen functional groups attached to an aromatic ring is 2. The van der Waals surface area contributed by atoms with E-state index < -0.39 is 4.92 Å². The van der Waals surface area contributed by atoms with Crippen molar-refractivity contribution in [3.63, 3.8) is 0 Å². The Kier molecular flexibility index (Phi) is 5.41. The topological polar surface area (TPSA) is 165 Å². The van der Waals surface area contributed by atoms with Crippen LogP contribution in [0.25, 0.3) is 10.8 Å². The summed E-state index contributed by atoms with van der Waals surface area (Å²) in [5, 5.41) is 39.0. The molecule has 0 radical (unpaired) electrons. The lowest BCUT2D eigenvalue weighted by Gasteiger charge is -2.08. The van der Waals surface area contributed by atoms with E-state index in [0.717, 1.165) is 0 Å². The number of nitrogens with zero attached hydrogens (tertiary/aromatic N) is 5. The number of benzene rings is 4. The van der Waals surface area contributed by atoms with Crippen molar-refractivity contribution in [1.82, 2.24) is 0 Å². The highest BCUT2D eigenvalue weighted by molar-refractivity contribution is 6.04. The molecule has 0 saturated carbocycles.